The third-order valence-electron chi connectivity index (χ3n) is 4.74. The molecular weight excluding hydrogens is 376 g/mol. The van der Waals surface area contributed by atoms with Gasteiger partial charge in [-0.05, 0) is 35.9 Å². The van der Waals surface area contributed by atoms with Crippen LogP contribution < -0.4 is 4.74 Å². The average molecular weight is 394 g/mol. The average Bonchev–Trinajstić information content (AvgIpc) is 2.79. The van der Waals surface area contributed by atoms with E-state index in [0.29, 0.717) is 33.7 Å². The van der Waals surface area contributed by atoms with Gasteiger partial charge in [0.2, 0.25) is 0 Å². The van der Waals surface area contributed by atoms with Gasteiger partial charge in [0.25, 0.3) is 11.8 Å². The zero-order chi connectivity index (χ0) is 20.9. The number of amides is 2. The minimum atomic E-state index is -0.379. The summed E-state index contributed by atoms with van der Waals surface area (Å²) in [5, 5.41) is 0. The van der Waals surface area contributed by atoms with Crippen LogP contribution >= 0.6 is 0 Å². The summed E-state index contributed by atoms with van der Waals surface area (Å²) < 4.78 is 5.61. The van der Waals surface area contributed by atoms with Crippen LogP contribution in [0.3, 0.4) is 0 Å². The first kappa shape index (κ1) is 19.2. The van der Waals surface area contributed by atoms with E-state index in [0.717, 1.165) is 0 Å². The lowest BCUT2D eigenvalue weighted by Crippen LogP contribution is -2.41. The highest BCUT2D eigenvalue weighted by Crippen LogP contribution is 2.33. The molecule has 3 aromatic rings. The van der Waals surface area contributed by atoms with Crippen molar-refractivity contribution in [2.75, 3.05) is 6.61 Å². The molecule has 0 aliphatic carbocycles. The molecule has 5 heteroatoms. The molecule has 0 saturated carbocycles. The number of hydrogen-bond acceptors (Lipinski definition) is 4. The van der Waals surface area contributed by atoms with Crippen LogP contribution in [-0.2, 0) is 11.3 Å². The van der Waals surface area contributed by atoms with Gasteiger partial charge in [-0.25, -0.2) is 0 Å². The van der Waals surface area contributed by atoms with Crippen LogP contribution in [0.5, 0.6) is 5.75 Å². The Kier molecular flexibility index (Phi) is 5.40. The van der Waals surface area contributed by atoms with Gasteiger partial charge in [-0.1, -0.05) is 48.4 Å². The van der Waals surface area contributed by atoms with Crippen molar-refractivity contribution in [2.45, 2.75) is 6.54 Å². The summed E-state index contributed by atoms with van der Waals surface area (Å²) in [5.41, 5.74) is 2.82. The van der Waals surface area contributed by atoms with Gasteiger partial charge in [-0.3, -0.25) is 19.5 Å². The van der Waals surface area contributed by atoms with Gasteiger partial charge in [0.15, 0.2) is 0 Å². The Morgan fingerprint density at radius 2 is 1.67 bits per heavy atom. The third kappa shape index (κ3) is 3.71. The molecule has 0 bridgehead atoms. The molecule has 0 spiro atoms. The van der Waals surface area contributed by atoms with Crippen LogP contribution in [0.25, 0.3) is 11.6 Å². The van der Waals surface area contributed by atoms with Crippen LogP contribution in [0.4, 0.5) is 0 Å². The molecule has 1 aliphatic heterocycles. The van der Waals surface area contributed by atoms with Crippen LogP contribution in [-0.4, -0.2) is 28.3 Å². The molecule has 4 rings (SSSR count). The van der Waals surface area contributed by atoms with Crippen molar-refractivity contribution in [3.8, 4) is 18.1 Å². The Morgan fingerprint density at radius 3 is 2.43 bits per heavy atom. The molecular formula is C25H18N2O3. The van der Waals surface area contributed by atoms with Crippen molar-refractivity contribution < 1.29 is 14.3 Å². The zero-order valence-corrected chi connectivity index (χ0v) is 16.1. The normalized spacial score (nSPS) is 14.4. The van der Waals surface area contributed by atoms with E-state index in [2.05, 4.69) is 10.9 Å². The highest BCUT2D eigenvalue weighted by molar-refractivity contribution is 6.33. The second kappa shape index (κ2) is 8.46. The molecule has 5 nitrogen and oxygen atoms in total. The number of ether oxygens (including phenoxy) is 1. The number of benzene rings is 2. The van der Waals surface area contributed by atoms with Gasteiger partial charge in [0, 0.05) is 22.9 Å². The lowest BCUT2D eigenvalue weighted by atomic mass is 9.92. The number of rotatable bonds is 5. The maximum atomic E-state index is 13.4. The lowest BCUT2D eigenvalue weighted by molar-refractivity contribution is -0.123. The summed E-state index contributed by atoms with van der Waals surface area (Å²) in [7, 11) is 0. The molecule has 30 heavy (non-hydrogen) atoms. The highest BCUT2D eigenvalue weighted by atomic mass is 16.5. The molecule has 1 aliphatic rings. The first-order valence-electron chi connectivity index (χ1n) is 9.41. The standard InChI is InChI=1S/C25H18N2O3/c1-2-15-30-23-13-6-3-9-18(23)16-22-20-11-4-5-12-21(20)24(28)27(25(22)29)17-19-10-7-8-14-26-19/h1,3-14,16H,15,17H2. The summed E-state index contributed by atoms with van der Waals surface area (Å²) in [6, 6.07) is 19.8. The van der Waals surface area contributed by atoms with Gasteiger partial charge in [0.1, 0.15) is 12.4 Å². The predicted molar refractivity (Wildman–Crippen MR) is 114 cm³/mol. The van der Waals surface area contributed by atoms with Crippen molar-refractivity contribution in [2.24, 2.45) is 0 Å². The Labute approximate surface area is 174 Å². The summed E-state index contributed by atoms with van der Waals surface area (Å²) >= 11 is 0. The molecule has 0 N–H and O–H groups in total. The fourth-order valence-corrected chi connectivity index (χ4v) is 3.35. The number of fused-ring (bicyclic) bond motifs is 1. The Bertz CT molecular complexity index is 1180. The van der Waals surface area contributed by atoms with E-state index in [4.69, 9.17) is 11.2 Å². The van der Waals surface area contributed by atoms with E-state index in [9.17, 15) is 9.59 Å². The number of hydrogen-bond donors (Lipinski definition) is 0. The first-order chi connectivity index (χ1) is 14.7. The lowest BCUT2D eigenvalue weighted by Gasteiger charge is -2.28. The zero-order valence-electron chi connectivity index (χ0n) is 16.1. The van der Waals surface area contributed by atoms with Crippen molar-refractivity contribution in [1.29, 1.82) is 0 Å². The molecule has 0 saturated heterocycles. The molecule has 1 aromatic heterocycles. The molecule has 2 amide bonds. The van der Waals surface area contributed by atoms with Crippen LogP contribution in [0.15, 0.2) is 72.9 Å². The van der Waals surface area contributed by atoms with Crippen molar-refractivity contribution >= 4 is 23.5 Å². The van der Waals surface area contributed by atoms with E-state index in [1.165, 1.54) is 4.90 Å². The highest BCUT2D eigenvalue weighted by Gasteiger charge is 2.35. The maximum Gasteiger partial charge on any atom is 0.261 e. The van der Waals surface area contributed by atoms with Gasteiger partial charge >= 0.3 is 0 Å². The molecule has 0 radical (unpaired) electrons. The van der Waals surface area contributed by atoms with Gasteiger partial charge < -0.3 is 4.74 Å². The number of para-hydroxylation sites is 1. The van der Waals surface area contributed by atoms with E-state index in [1.54, 1.807) is 48.7 Å². The maximum absolute atomic E-state index is 13.4. The SMILES string of the molecule is C#CCOc1ccccc1C=C1C(=O)N(Cc2ccccn2)C(=O)c2ccccc21. The number of imide groups is 1. The molecule has 0 unspecified atom stereocenters. The van der Waals surface area contributed by atoms with Crippen molar-refractivity contribution in [3.05, 3.63) is 95.3 Å². The Balaban J connectivity index is 1.80. The minimum absolute atomic E-state index is 0.0966. The molecule has 0 fully saturated rings. The fraction of sp³-hybridized carbons (Fsp3) is 0.0800. The predicted octanol–water partition coefficient (Wildman–Crippen LogP) is 3.82. The number of aromatic nitrogens is 1. The summed E-state index contributed by atoms with van der Waals surface area (Å²) in [4.78, 5) is 31.9. The second-order valence-electron chi connectivity index (χ2n) is 6.65. The van der Waals surface area contributed by atoms with E-state index in [1.807, 2.05) is 30.3 Å². The third-order valence-corrected chi connectivity index (χ3v) is 4.74. The molecule has 146 valence electrons. The fourth-order valence-electron chi connectivity index (χ4n) is 3.35. The number of nitrogens with zero attached hydrogens (tertiary/aromatic N) is 2. The Morgan fingerprint density at radius 1 is 0.933 bits per heavy atom. The smallest absolute Gasteiger partial charge is 0.261 e. The number of pyridine rings is 1. The summed E-state index contributed by atoms with van der Waals surface area (Å²) in [6.07, 6.45) is 8.69. The van der Waals surface area contributed by atoms with E-state index in [-0.39, 0.29) is 25.0 Å². The number of carbonyl (C=O) groups excluding carboxylic acids is 2. The Hall–Kier alpha value is -4.17. The monoisotopic (exact) mass is 394 g/mol. The second-order valence-corrected chi connectivity index (χ2v) is 6.65. The topological polar surface area (TPSA) is 59.5 Å². The first-order valence-corrected chi connectivity index (χ1v) is 9.41. The molecule has 2 aromatic carbocycles. The van der Waals surface area contributed by atoms with E-state index < -0.39 is 0 Å². The van der Waals surface area contributed by atoms with Gasteiger partial charge in [-0.2, -0.15) is 0 Å². The quantitative estimate of drug-likeness (QED) is 0.375. The van der Waals surface area contributed by atoms with Crippen molar-refractivity contribution in [3.63, 3.8) is 0 Å². The molecule has 2 heterocycles. The molecule has 0 atom stereocenters. The number of carbonyl (C=O) groups is 2. The van der Waals surface area contributed by atoms with Crippen LogP contribution in [0.2, 0.25) is 0 Å². The number of terminal acetylenes is 1. The van der Waals surface area contributed by atoms with Gasteiger partial charge in [0.05, 0.1) is 12.2 Å². The summed E-state index contributed by atoms with van der Waals surface area (Å²) in [6.45, 7) is 0.217. The van der Waals surface area contributed by atoms with Crippen molar-refractivity contribution in [1.82, 2.24) is 9.88 Å². The van der Waals surface area contributed by atoms with Crippen LogP contribution in [0.1, 0.15) is 27.2 Å². The minimum Gasteiger partial charge on any atom is -0.480 e. The summed E-state index contributed by atoms with van der Waals surface area (Å²) in [5.74, 6) is 2.30. The largest absolute Gasteiger partial charge is 0.480 e. The van der Waals surface area contributed by atoms with E-state index >= 15 is 0 Å². The van der Waals surface area contributed by atoms with Gasteiger partial charge in [-0.15, -0.1) is 6.42 Å². The van der Waals surface area contributed by atoms with Crippen LogP contribution in [0, 0.1) is 12.3 Å².